The minimum absolute atomic E-state index is 0.217. The molecule has 0 bridgehead atoms. The van der Waals surface area contributed by atoms with Gasteiger partial charge in [-0.2, -0.15) is 5.26 Å². The summed E-state index contributed by atoms with van der Waals surface area (Å²) in [5.41, 5.74) is 1.98. The standard InChI is InChI=1S/C19H20N4O2/c1-14(10-11-20)22-19(25)23-17-9-5-8-16(12-17)18(24)21-13-15-6-3-2-4-7-15/h2-9,12,14H,10,13H2,1H3,(H,21,24)(H2,22,23,25). The number of hydrogen-bond acceptors (Lipinski definition) is 3. The minimum Gasteiger partial charge on any atom is -0.348 e. The van der Waals surface area contributed by atoms with Crippen molar-refractivity contribution >= 4 is 17.6 Å². The lowest BCUT2D eigenvalue weighted by atomic mass is 10.1. The molecule has 0 spiro atoms. The van der Waals surface area contributed by atoms with Crippen molar-refractivity contribution in [1.82, 2.24) is 10.6 Å². The molecular weight excluding hydrogens is 316 g/mol. The fraction of sp³-hybridized carbons (Fsp3) is 0.211. The van der Waals surface area contributed by atoms with E-state index in [1.165, 1.54) is 0 Å². The van der Waals surface area contributed by atoms with Gasteiger partial charge in [0.1, 0.15) is 0 Å². The Morgan fingerprint density at radius 1 is 1.12 bits per heavy atom. The predicted octanol–water partition coefficient (Wildman–Crippen LogP) is 3.04. The summed E-state index contributed by atoms with van der Waals surface area (Å²) in [6.45, 7) is 2.18. The van der Waals surface area contributed by atoms with Gasteiger partial charge in [0.2, 0.25) is 0 Å². The molecule has 3 amide bonds. The van der Waals surface area contributed by atoms with E-state index in [9.17, 15) is 9.59 Å². The van der Waals surface area contributed by atoms with E-state index in [1.807, 2.05) is 36.4 Å². The molecule has 0 fully saturated rings. The minimum atomic E-state index is -0.412. The van der Waals surface area contributed by atoms with Gasteiger partial charge in [-0.1, -0.05) is 36.4 Å². The first-order valence-electron chi connectivity index (χ1n) is 7.95. The number of amides is 3. The second kappa shape index (κ2) is 9.08. The van der Waals surface area contributed by atoms with Gasteiger partial charge in [-0.3, -0.25) is 4.79 Å². The molecule has 0 aliphatic heterocycles. The van der Waals surface area contributed by atoms with E-state index in [2.05, 4.69) is 16.0 Å². The molecule has 0 saturated heterocycles. The number of hydrogen-bond donors (Lipinski definition) is 3. The summed E-state index contributed by atoms with van der Waals surface area (Å²) in [6, 6.07) is 17.6. The van der Waals surface area contributed by atoms with E-state index >= 15 is 0 Å². The molecular formula is C19H20N4O2. The Balaban J connectivity index is 1.92. The zero-order chi connectivity index (χ0) is 18.1. The maximum atomic E-state index is 12.2. The molecule has 0 heterocycles. The van der Waals surface area contributed by atoms with Crippen LogP contribution in [0.3, 0.4) is 0 Å². The lowest BCUT2D eigenvalue weighted by Crippen LogP contribution is -2.35. The van der Waals surface area contributed by atoms with Crippen LogP contribution in [0.4, 0.5) is 10.5 Å². The van der Waals surface area contributed by atoms with E-state index in [0.29, 0.717) is 17.8 Å². The molecule has 0 aromatic heterocycles. The lowest BCUT2D eigenvalue weighted by Gasteiger charge is -2.12. The maximum absolute atomic E-state index is 12.2. The van der Waals surface area contributed by atoms with Crippen LogP contribution < -0.4 is 16.0 Å². The SMILES string of the molecule is CC(CC#N)NC(=O)Nc1cccc(C(=O)NCc2ccccc2)c1. The molecule has 2 rings (SSSR count). The predicted molar refractivity (Wildman–Crippen MR) is 95.9 cm³/mol. The third-order valence-electron chi connectivity index (χ3n) is 3.45. The van der Waals surface area contributed by atoms with Crippen molar-refractivity contribution in [2.45, 2.75) is 25.9 Å². The molecule has 0 radical (unpaired) electrons. The fourth-order valence-corrected chi connectivity index (χ4v) is 2.20. The van der Waals surface area contributed by atoms with Crippen LogP contribution in [-0.2, 0) is 6.54 Å². The highest BCUT2D eigenvalue weighted by Crippen LogP contribution is 2.11. The van der Waals surface area contributed by atoms with Crippen LogP contribution in [0.15, 0.2) is 54.6 Å². The molecule has 3 N–H and O–H groups in total. The van der Waals surface area contributed by atoms with Gasteiger partial charge in [-0.05, 0) is 30.7 Å². The summed E-state index contributed by atoms with van der Waals surface area (Å²) in [7, 11) is 0. The Morgan fingerprint density at radius 3 is 2.60 bits per heavy atom. The molecule has 2 aromatic carbocycles. The summed E-state index contributed by atoms with van der Waals surface area (Å²) in [5, 5.41) is 16.8. The van der Waals surface area contributed by atoms with Gasteiger partial charge in [0.15, 0.2) is 0 Å². The van der Waals surface area contributed by atoms with Gasteiger partial charge < -0.3 is 16.0 Å². The van der Waals surface area contributed by atoms with Crippen LogP contribution in [0.25, 0.3) is 0 Å². The average molecular weight is 336 g/mol. The third kappa shape index (κ3) is 5.99. The van der Waals surface area contributed by atoms with Gasteiger partial charge in [0.05, 0.1) is 12.5 Å². The number of benzene rings is 2. The summed E-state index contributed by atoms with van der Waals surface area (Å²) >= 11 is 0. The third-order valence-corrected chi connectivity index (χ3v) is 3.45. The number of rotatable bonds is 6. The van der Waals surface area contributed by atoms with E-state index in [0.717, 1.165) is 5.56 Å². The van der Waals surface area contributed by atoms with Crippen molar-refractivity contribution in [1.29, 1.82) is 5.26 Å². The van der Waals surface area contributed by atoms with Gasteiger partial charge in [0, 0.05) is 23.8 Å². The summed E-state index contributed by atoms with van der Waals surface area (Å²) in [4.78, 5) is 24.1. The molecule has 6 heteroatoms. The summed E-state index contributed by atoms with van der Waals surface area (Å²) in [5.74, 6) is -0.217. The Morgan fingerprint density at radius 2 is 1.88 bits per heavy atom. The van der Waals surface area contributed by atoms with E-state index in [-0.39, 0.29) is 18.4 Å². The molecule has 6 nitrogen and oxygen atoms in total. The number of urea groups is 1. The molecule has 128 valence electrons. The summed E-state index contributed by atoms with van der Waals surface area (Å²) < 4.78 is 0. The molecule has 1 atom stereocenters. The largest absolute Gasteiger partial charge is 0.348 e. The Hall–Kier alpha value is -3.33. The van der Waals surface area contributed by atoms with Crippen molar-refractivity contribution in [2.75, 3.05) is 5.32 Å². The first-order valence-corrected chi connectivity index (χ1v) is 7.95. The zero-order valence-electron chi connectivity index (χ0n) is 14.0. The van der Waals surface area contributed by atoms with Gasteiger partial charge in [-0.25, -0.2) is 4.79 Å². The first-order chi connectivity index (χ1) is 12.1. The molecule has 0 aliphatic carbocycles. The van der Waals surface area contributed by atoms with Crippen molar-refractivity contribution in [3.8, 4) is 6.07 Å². The maximum Gasteiger partial charge on any atom is 0.319 e. The molecule has 0 aliphatic rings. The number of anilines is 1. The highest BCUT2D eigenvalue weighted by atomic mass is 16.2. The van der Waals surface area contributed by atoms with Crippen LogP contribution >= 0.6 is 0 Å². The fourth-order valence-electron chi connectivity index (χ4n) is 2.20. The van der Waals surface area contributed by atoms with Crippen molar-refractivity contribution < 1.29 is 9.59 Å². The number of carbonyl (C=O) groups is 2. The number of nitrogens with zero attached hydrogens (tertiary/aromatic N) is 1. The van der Waals surface area contributed by atoms with Crippen molar-refractivity contribution in [2.24, 2.45) is 0 Å². The Kier molecular flexibility index (Phi) is 6.55. The number of nitriles is 1. The summed E-state index contributed by atoms with van der Waals surface area (Å²) in [6.07, 6.45) is 0.231. The normalized spacial score (nSPS) is 11.0. The Bertz CT molecular complexity index is 768. The van der Waals surface area contributed by atoms with Crippen molar-refractivity contribution in [3.05, 3.63) is 65.7 Å². The highest BCUT2D eigenvalue weighted by Gasteiger charge is 2.09. The molecule has 25 heavy (non-hydrogen) atoms. The van der Waals surface area contributed by atoms with Crippen LogP contribution in [0.5, 0.6) is 0 Å². The monoisotopic (exact) mass is 336 g/mol. The smallest absolute Gasteiger partial charge is 0.319 e. The second-order valence-corrected chi connectivity index (χ2v) is 5.61. The molecule has 2 aromatic rings. The second-order valence-electron chi connectivity index (χ2n) is 5.61. The lowest BCUT2D eigenvalue weighted by molar-refractivity contribution is 0.0951. The van der Waals surface area contributed by atoms with E-state index in [4.69, 9.17) is 5.26 Å². The van der Waals surface area contributed by atoms with Gasteiger partial charge >= 0.3 is 6.03 Å². The zero-order valence-corrected chi connectivity index (χ0v) is 14.0. The van der Waals surface area contributed by atoms with Crippen LogP contribution in [0, 0.1) is 11.3 Å². The van der Waals surface area contributed by atoms with Crippen LogP contribution in [-0.4, -0.2) is 18.0 Å². The number of carbonyl (C=O) groups excluding carboxylic acids is 2. The van der Waals surface area contributed by atoms with Gasteiger partial charge in [-0.15, -0.1) is 0 Å². The molecule has 1 unspecified atom stereocenters. The highest BCUT2D eigenvalue weighted by molar-refractivity contribution is 5.96. The van der Waals surface area contributed by atoms with E-state index in [1.54, 1.807) is 31.2 Å². The first kappa shape index (κ1) is 18.0. The van der Waals surface area contributed by atoms with Gasteiger partial charge in [0.25, 0.3) is 5.91 Å². The molecule has 0 saturated carbocycles. The Labute approximate surface area is 146 Å². The van der Waals surface area contributed by atoms with Crippen LogP contribution in [0.1, 0.15) is 29.3 Å². The van der Waals surface area contributed by atoms with E-state index < -0.39 is 6.03 Å². The van der Waals surface area contributed by atoms with Crippen LogP contribution in [0.2, 0.25) is 0 Å². The topological polar surface area (TPSA) is 94.0 Å². The number of nitrogens with one attached hydrogen (secondary N) is 3. The average Bonchev–Trinajstić information content (AvgIpc) is 2.60. The van der Waals surface area contributed by atoms with Crippen molar-refractivity contribution in [3.63, 3.8) is 0 Å². The quantitative estimate of drug-likeness (QED) is 0.757.